The van der Waals surface area contributed by atoms with Gasteiger partial charge in [-0.05, 0) is 67.9 Å². The van der Waals surface area contributed by atoms with Gasteiger partial charge in [0.25, 0.3) is 0 Å². The number of rotatable bonds is 5. The van der Waals surface area contributed by atoms with Crippen molar-refractivity contribution in [2.75, 3.05) is 13.2 Å². The Morgan fingerprint density at radius 2 is 2.06 bits per heavy atom. The van der Waals surface area contributed by atoms with Crippen LogP contribution in [0.2, 0.25) is 0 Å². The lowest BCUT2D eigenvalue weighted by Crippen LogP contribution is -2.36. The molecule has 0 spiro atoms. The summed E-state index contributed by atoms with van der Waals surface area (Å²) in [4.78, 5) is 0. The van der Waals surface area contributed by atoms with Crippen molar-refractivity contribution >= 4 is 15.9 Å². The molecular weight excluding hydrogens is 285 g/mol. The molecule has 1 aromatic rings. The first kappa shape index (κ1) is 14.5. The lowest BCUT2D eigenvalue weighted by molar-refractivity contribution is 0.297. The highest BCUT2D eigenvalue weighted by Gasteiger charge is 2.07. The van der Waals surface area contributed by atoms with Crippen LogP contribution in [0.1, 0.15) is 27.2 Å². The SMILES string of the molecule is CC(C)(C)NCCCOc1ccc(F)c(Br)c1. The van der Waals surface area contributed by atoms with Gasteiger partial charge in [-0.15, -0.1) is 0 Å². The third-order valence-corrected chi connectivity index (χ3v) is 2.74. The van der Waals surface area contributed by atoms with Crippen LogP contribution in [0.3, 0.4) is 0 Å². The van der Waals surface area contributed by atoms with Crippen LogP contribution in [-0.2, 0) is 0 Å². The Morgan fingerprint density at radius 3 is 2.65 bits per heavy atom. The Kier molecular flexibility index (Phi) is 5.40. The Hall–Kier alpha value is -0.610. The molecule has 17 heavy (non-hydrogen) atoms. The van der Waals surface area contributed by atoms with Crippen LogP contribution in [-0.4, -0.2) is 18.7 Å². The second-order valence-corrected chi connectivity index (χ2v) is 5.81. The third-order valence-electron chi connectivity index (χ3n) is 2.14. The van der Waals surface area contributed by atoms with E-state index in [0.29, 0.717) is 16.8 Å². The highest BCUT2D eigenvalue weighted by molar-refractivity contribution is 9.10. The smallest absolute Gasteiger partial charge is 0.137 e. The Labute approximate surface area is 111 Å². The van der Waals surface area contributed by atoms with Crippen LogP contribution >= 0.6 is 15.9 Å². The summed E-state index contributed by atoms with van der Waals surface area (Å²) in [6.07, 6.45) is 0.923. The van der Waals surface area contributed by atoms with E-state index in [-0.39, 0.29) is 11.4 Å². The summed E-state index contributed by atoms with van der Waals surface area (Å²) in [6.45, 7) is 7.92. The first-order chi connectivity index (χ1) is 7.88. The zero-order valence-electron chi connectivity index (χ0n) is 10.5. The Bertz CT molecular complexity index is 363. The maximum Gasteiger partial charge on any atom is 0.137 e. The van der Waals surface area contributed by atoms with Crippen molar-refractivity contribution in [1.82, 2.24) is 5.32 Å². The Balaban J connectivity index is 2.25. The van der Waals surface area contributed by atoms with Gasteiger partial charge in [-0.1, -0.05) is 0 Å². The maximum absolute atomic E-state index is 13.0. The van der Waals surface area contributed by atoms with E-state index in [2.05, 4.69) is 42.0 Å². The van der Waals surface area contributed by atoms with Gasteiger partial charge in [0.2, 0.25) is 0 Å². The molecule has 2 nitrogen and oxygen atoms in total. The van der Waals surface area contributed by atoms with Gasteiger partial charge in [0.05, 0.1) is 11.1 Å². The standard InChI is InChI=1S/C13H19BrFNO/c1-13(2,3)16-7-4-8-17-10-5-6-12(15)11(14)9-10/h5-6,9,16H,4,7-8H2,1-3H3. The van der Waals surface area contributed by atoms with Gasteiger partial charge in [0, 0.05) is 5.54 Å². The molecule has 1 rings (SSSR count). The van der Waals surface area contributed by atoms with Crippen LogP contribution in [0.25, 0.3) is 0 Å². The number of halogens is 2. The maximum atomic E-state index is 13.0. The molecule has 4 heteroatoms. The van der Waals surface area contributed by atoms with E-state index < -0.39 is 0 Å². The highest BCUT2D eigenvalue weighted by Crippen LogP contribution is 2.21. The third kappa shape index (κ3) is 6.03. The van der Waals surface area contributed by atoms with Crippen LogP contribution in [0.4, 0.5) is 4.39 Å². The fourth-order valence-corrected chi connectivity index (χ4v) is 1.65. The van der Waals surface area contributed by atoms with Gasteiger partial charge in [0.1, 0.15) is 11.6 Å². The predicted octanol–water partition coefficient (Wildman–Crippen LogP) is 3.75. The van der Waals surface area contributed by atoms with Crippen LogP contribution in [0.15, 0.2) is 22.7 Å². The molecule has 0 radical (unpaired) electrons. The van der Waals surface area contributed by atoms with E-state index in [9.17, 15) is 4.39 Å². The minimum absolute atomic E-state index is 0.138. The van der Waals surface area contributed by atoms with Crippen molar-refractivity contribution in [1.29, 1.82) is 0 Å². The average molecular weight is 304 g/mol. The van der Waals surface area contributed by atoms with Gasteiger partial charge in [0.15, 0.2) is 0 Å². The molecule has 1 aromatic carbocycles. The Morgan fingerprint density at radius 1 is 1.35 bits per heavy atom. The van der Waals surface area contributed by atoms with Gasteiger partial charge in [-0.2, -0.15) is 0 Å². The van der Waals surface area contributed by atoms with Crippen LogP contribution in [0.5, 0.6) is 5.75 Å². The van der Waals surface area contributed by atoms with E-state index in [0.717, 1.165) is 13.0 Å². The minimum Gasteiger partial charge on any atom is -0.494 e. The predicted molar refractivity (Wildman–Crippen MR) is 72.0 cm³/mol. The minimum atomic E-state index is -0.272. The molecule has 0 atom stereocenters. The molecule has 96 valence electrons. The summed E-state index contributed by atoms with van der Waals surface area (Å²) in [6, 6.07) is 4.68. The molecule has 1 N–H and O–H groups in total. The van der Waals surface area contributed by atoms with Crippen LogP contribution < -0.4 is 10.1 Å². The normalized spacial score (nSPS) is 11.6. The molecule has 0 aliphatic rings. The first-order valence-electron chi connectivity index (χ1n) is 5.71. The van der Waals surface area contributed by atoms with Crippen molar-refractivity contribution in [3.8, 4) is 5.75 Å². The number of hydrogen-bond acceptors (Lipinski definition) is 2. The lowest BCUT2D eigenvalue weighted by Gasteiger charge is -2.20. The molecular formula is C13H19BrFNO. The number of ether oxygens (including phenoxy) is 1. The first-order valence-corrected chi connectivity index (χ1v) is 6.51. The molecule has 0 fully saturated rings. The van der Waals surface area contributed by atoms with Gasteiger partial charge >= 0.3 is 0 Å². The molecule has 0 unspecified atom stereocenters. The van der Waals surface area contributed by atoms with E-state index >= 15 is 0 Å². The monoisotopic (exact) mass is 303 g/mol. The molecule has 0 bridgehead atoms. The molecule has 0 heterocycles. The molecule has 0 aromatic heterocycles. The van der Waals surface area contributed by atoms with E-state index in [1.807, 2.05) is 0 Å². The highest BCUT2D eigenvalue weighted by atomic mass is 79.9. The fourth-order valence-electron chi connectivity index (χ4n) is 1.29. The molecule has 0 amide bonds. The summed E-state index contributed by atoms with van der Waals surface area (Å²) in [5.74, 6) is 0.417. The summed E-state index contributed by atoms with van der Waals surface area (Å²) in [5, 5.41) is 3.38. The van der Waals surface area contributed by atoms with Gasteiger partial charge in [-0.3, -0.25) is 0 Å². The fraction of sp³-hybridized carbons (Fsp3) is 0.538. The van der Waals surface area contributed by atoms with Crippen molar-refractivity contribution < 1.29 is 9.13 Å². The largest absolute Gasteiger partial charge is 0.494 e. The molecule has 0 saturated heterocycles. The van der Waals surface area contributed by atoms with Crippen molar-refractivity contribution in [3.05, 3.63) is 28.5 Å². The molecule has 0 saturated carbocycles. The van der Waals surface area contributed by atoms with Crippen LogP contribution in [0, 0.1) is 5.82 Å². The zero-order valence-corrected chi connectivity index (χ0v) is 12.1. The number of hydrogen-bond donors (Lipinski definition) is 1. The molecule has 0 aliphatic carbocycles. The summed E-state index contributed by atoms with van der Waals surface area (Å²) >= 11 is 3.13. The second-order valence-electron chi connectivity index (χ2n) is 4.95. The van der Waals surface area contributed by atoms with E-state index in [1.165, 1.54) is 6.07 Å². The summed E-state index contributed by atoms with van der Waals surface area (Å²) in [5.41, 5.74) is 0.138. The number of nitrogens with one attached hydrogen (secondary N) is 1. The van der Waals surface area contributed by atoms with Crippen molar-refractivity contribution in [3.63, 3.8) is 0 Å². The van der Waals surface area contributed by atoms with E-state index in [1.54, 1.807) is 12.1 Å². The quantitative estimate of drug-likeness (QED) is 0.837. The number of benzene rings is 1. The summed E-state index contributed by atoms with van der Waals surface area (Å²) in [7, 11) is 0. The van der Waals surface area contributed by atoms with Crippen molar-refractivity contribution in [2.24, 2.45) is 0 Å². The van der Waals surface area contributed by atoms with Crippen molar-refractivity contribution in [2.45, 2.75) is 32.7 Å². The lowest BCUT2D eigenvalue weighted by atomic mass is 10.1. The summed E-state index contributed by atoms with van der Waals surface area (Å²) < 4.78 is 18.9. The van der Waals surface area contributed by atoms with E-state index in [4.69, 9.17) is 4.74 Å². The molecule has 0 aliphatic heterocycles. The van der Waals surface area contributed by atoms with Gasteiger partial charge in [-0.25, -0.2) is 4.39 Å². The second kappa shape index (κ2) is 6.36. The average Bonchev–Trinajstić information content (AvgIpc) is 2.21. The zero-order chi connectivity index (χ0) is 12.9. The van der Waals surface area contributed by atoms with Gasteiger partial charge < -0.3 is 10.1 Å². The topological polar surface area (TPSA) is 21.3 Å².